The van der Waals surface area contributed by atoms with Crippen molar-refractivity contribution in [2.75, 3.05) is 23.7 Å². The van der Waals surface area contributed by atoms with E-state index in [2.05, 4.69) is 32.4 Å². The molecule has 0 aliphatic carbocycles. The molecule has 1 aromatic carbocycles. The van der Waals surface area contributed by atoms with E-state index in [1.807, 2.05) is 13.8 Å². The number of anilines is 2. The van der Waals surface area contributed by atoms with Crippen molar-refractivity contribution in [3.63, 3.8) is 0 Å². The van der Waals surface area contributed by atoms with E-state index in [1.165, 1.54) is 0 Å². The largest absolute Gasteiger partial charge is 0.378 e. The summed E-state index contributed by atoms with van der Waals surface area (Å²) in [7, 11) is 0. The monoisotopic (exact) mass is 332 g/mol. The van der Waals surface area contributed by atoms with Crippen molar-refractivity contribution in [3.8, 4) is 11.8 Å². The zero-order valence-electron chi connectivity index (χ0n) is 13.8. The summed E-state index contributed by atoms with van der Waals surface area (Å²) in [5.41, 5.74) is 0.941. The van der Waals surface area contributed by atoms with E-state index in [4.69, 9.17) is 11.6 Å². The first-order valence-electron chi connectivity index (χ1n) is 7.58. The van der Waals surface area contributed by atoms with Crippen molar-refractivity contribution < 1.29 is 5.11 Å². The van der Waals surface area contributed by atoms with Crippen LogP contribution in [0.15, 0.2) is 12.1 Å². The lowest BCUT2D eigenvalue weighted by atomic mass is 10.1. The number of nitrogens with zero attached hydrogens (tertiary/aromatic N) is 2. The Balaban J connectivity index is 2.56. The summed E-state index contributed by atoms with van der Waals surface area (Å²) in [4.78, 5) is 9.18. The molecule has 1 heterocycles. The second-order valence-electron chi connectivity index (χ2n) is 5.61. The average Bonchev–Trinajstić information content (AvgIpc) is 2.46. The Kier molecular flexibility index (Phi) is 5.30. The first-order valence-corrected chi connectivity index (χ1v) is 7.96. The first kappa shape index (κ1) is 17.3. The second-order valence-corrected chi connectivity index (χ2v) is 6.02. The fourth-order valence-corrected chi connectivity index (χ4v) is 2.18. The minimum absolute atomic E-state index is 0.488. The van der Waals surface area contributed by atoms with Crippen LogP contribution < -0.4 is 10.6 Å². The van der Waals surface area contributed by atoms with Gasteiger partial charge in [-0.05, 0) is 39.8 Å². The third-order valence-corrected chi connectivity index (χ3v) is 3.26. The molecule has 5 nitrogen and oxygen atoms in total. The summed E-state index contributed by atoms with van der Waals surface area (Å²) in [6.45, 7) is 8.76. The number of hydrogen-bond acceptors (Lipinski definition) is 5. The van der Waals surface area contributed by atoms with Crippen LogP contribution in [0.2, 0.25) is 5.02 Å². The molecule has 0 radical (unpaired) electrons. The molecule has 6 heteroatoms. The van der Waals surface area contributed by atoms with Crippen LogP contribution in [0.5, 0.6) is 0 Å². The normalized spacial score (nSPS) is 11.0. The van der Waals surface area contributed by atoms with Crippen molar-refractivity contribution in [3.05, 3.63) is 22.7 Å². The van der Waals surface area contributed by atoms with Gasteiger partial charge in [0.25, 0.3) is 0 Å². The number of hydrogen-bond donors (Lipinski definition) is 3. The lowest BCUT2D eigenvalue weighted by Gasteiger charge is -2.12. The summed E-state index contributed by atoms with van der Waals surface area (Å²) >= 11 is 6.27. The Bertz CT molecular complexity index is 772. The third kappa shape index (κ3) is 4.47. The zero-order chi connectivity index (χ0) is 17.0. The summed E-state index contributed by atoms with van der Waals surface area (Å²) in [6.07, 6.45) is 0. The van der Waals surface area contributed by atoms with Crippen LogP contribution in [-0.2, 0) is 0 Å². The van der Waals surface area contributed by atoms with E-state index < -0.39 is 5.60 Å². The molecule has 23 heavy (non-hydrogen) atoms. The number of benzene rings is 1. The van der Waals surface area contributed by atoms with Gasteiger partial charge in [-0.15, -0.1) is 0 Å². The summed E-state index contributed by atoms with van der Waals surface area (Å²) in [5, 5.41) is 16.6. The fraction of sp³-hybridized carbons (Fsp3) is 0.412. The van der Waals surface area contributed by atoms with Crippen LogP contribution in [0.1, 0.15) is 33.3 Å². The van der Waals surface area contributed by atoms with Crippen molar-refractivity contribution in [2.45, 2.75) is 33.3 Å². The Morgan fingerprint density at radius 3 is 2.09 bits per heavy atom. The molecule has 0 aliphatic heterocycles. The molecule has 1 aromatic heterocycles. The summed E-state index contributed by atoms with van der Waals surface area (Å²) in [6, 6.07) is 3.54. The van der Waals surface area contributed by atoms with Crippen molar-refractivity contribution in [1.29, 1.82) is 0 Å². The number of rotatable bonds is 4. The van der Waals surface area contributed by atoms with Gasteiger partial charge in [0.05, 0.1) is 16.1 Å². The zero-order valence-corrected chi connectivity index (χ0v) is 14.5. The molecule has 0 atom stereocenters. The van der Waals surface area contributed by atoms with E-state index in [-0.39, 0.29) is 0 Å². The SMILES string of the molecule is CCNc1nc2cc(Cl)c(C#CC(C)(C)O)cc2nc1NCC. The number of aliphatic hydroxyl groups is 1. The molecule has 122 valence electrons. The van der Waals surface area contributed by atoms with Gasteiger partial charge in [-0.2, -0.15) is 0 Å². The molecular weight excluding hydrogens is 312 g/mol. The van der Waals surface area contributed by atoms with Gasteiger partial charge in [0.15, 0.2) is 11.6 Å². The molecule has 0 saturated carbocycles. The van der Waals surface area contributed by atoms with E-state index in [0.29, 0.717) is 33.3 Å². The number of aromatic nitrogens is 2. The van der Waals surface area contributed by atoms with E-state index in [1.54, 1.807) is 26.0 Å². The Morgan fingerprint density at radius 2 is 1.61 bits per heavy atom. The second kappa shape index (κ2) is 7.03. The third-order valence-electron chi connectivity index (χ3n) is 2.94. The molecule has 0 aliphatic rings. The van der Waals surface area contributed by atoms with Crippen LogP contribution in [-0.4, -0.2) is 33.8 Å². The number of nitrogens with one attached hydrogen (secondary N) is 2. The average molecular weight is 333 g/mol. The van der Waals surface area contributed by atoms with Gasteiger partial charge in [0, 0.05) is 18.7 Å². The smallest absolute Gasteiger partial charge is 0.169 e. The Morgan fingerprint density at radius 1 is 1.09 bits per heavy atom. The molecule has 0 unspecified atom stereocenters. The maximum absolute atomic E-state index is 9.73. The fourth-order valence-electron chi connectivity index (χ4n) is 1.97. The molecular formula is C17H21ClN4O. The van der Waals surface area contributed by atoms with Gasteiger partial charge in [0.1, 0.15) is 5.60 Å². The van der Waals surface area contributed by atoms with Gasteiger partial charge < -0.3 is 15.7 Å². The maximum atomic E-state index is 9.73. The number of fused-ring (bicyclic) bond motifs is 1. The lowest BCUT2D eigenvalue weighted by molar-refractivity contribution is 0.143. The molecule has 0 saturated heterocycles. The molecule has 0 spiro atoms. The minimum Gasteiger partial charge on any atom is -0.378 e. The number of halogens is 1. The van der Waals surface area contributed by atoms with Gasteiger partial charge >= 0.3 is 0 Å². The van der Waals surface area contributed by atoms with Crippen LogP contribution in [0.4, 0.5) is 11.6 Å². The first-order chi connectivity index (χ1) is 10.8. The van der Waals surface area contributed by atoms with Gasteiger partial charge in [-0.3, -0.25) is 0 Å². The summed E-state index contributed by atoms with van der Waals surface area (Å²) < 4.78 is 0. The Hall–Kier alpha value is -2.03. The molecule has 0 fully saturated rings. The van der Waals surface area contributed by atoms with E-state index in [9.17, 15) is 5.11 Å². The summed E-state index contributed by atoms with van der Waals surface area (Å²) in [5.74, 6) is 7.06. The highest BCUT2D eigenvalue weighted by molar-refractivity contribution is 6.32. The van der Waals surface area contributed by atoms with Gasteiger partial charge in [-0.25, -0.2) is 9.97 Å². The van der Waals surface area contributed by atoms with Crippen molar-refractivity contribution >= 4 is 34.3 Å². The molecule has 2 aromatic rings. The lowest BCUT2D eigenvalue weighted by Crippen LogP contribution is -2.14. The highest BCUT2D eigenvalue weighted by atomic mass is 35.5. The van der Waals surface area contributed by atoms with Crippen LogP contribution in [0.3, 0.4) is 0 Å². The highest BCUT2D eigenvalue weighted by Crippen LogP contribution is 2.26. The highest BCUT2D eigenvalue weighted by Gasteiger charge is 2.11. The van der Waals surface area contributed by atoms with Crippen LogP contribution >= 0.6 is 11.6 Å². The standard InChI is InChI=1S/C17H21ClN4O/c1-5-19-15-16(20-6-2)22-14-10-12(18)11(9-13(14)21-15)7-8-17(3,4)23/h9-10,23H,5-6H2,1-4H3,(H,19,21)(H,20,22). The van der Waals surface area contributed by atoms with Crippen LogP contribution in [0, 0.1) is 11.8 Å². The molecule has 3 N–H and O–H groups in total. The molecule has 0 bridgehead atoms. The molecule has 2 rings (SSSR count). The van der Waals surface area contributed by atoms with Crippen LogP contribution in [0.25, 0.3) is 11.0 Å². The molecule has 0 amide bonds. The van der Waals surface area contributed by atoms with Gasteiger partial charge in [0.2, 0.25) is 0 Å². The van der Waals surface area contributed by atoms with Crippen molar-refractivity contribution in [2.24, 2.45) is 0 Å². The van der Waals surface area contributed by atoms with Crippen molar-refractivity contribution in [1.82, 2.24) is 9.97 Å². The predicted molar refractivity (Wildman–Crippen MR) is 96.1 cm³/mol. The van der Waals surface area contributed by atoms with E-state index >= 15 is 0 Å². The van der Waals surface area contributed by atoms with E-state index in [0.717, 1.165) is 13.1 Å². The Labute approximate surface area is 141 Å². The van der Waals surface area contributed by atoms with Gasteiger partial charge in [-0.1, -0.05) is 23.4 Å². The predicted octanol–water partition coefficient (Wildman–Crippen LogP) is 3.27. The maximum Gasteiger partial charge on any atom is 0.169 e. The minimum atomic E-state index is -1.08. The topological polar surface area (TPSA) is 70.1 Å². The quantitative estimate of drug-likeness (QED) is 0.750.